The fraction of sp³-hybridized carbons (Fsp3) is 0. The van der Waals surface area contributed by atoms with E-state index in [0.717, 1.165) is 50.1 Å². The molecule has 1 heterocycles. The summed E-state index contributed by atoms with van der Waals surface area (Å²) in [5.41, 5.74) is 14.3. The molecule has 0 saturated heterocycles. The van der Waals surface area contributed by atoms with E-state index in [4.69, 9.17) is 4.42 Å². The fourth-order valence-electron chi connectivity index (χ4n) is 7.85. The van der Waals surface area contributed by atoms with E-state index in [0.29, 0.717) is 0 Å². The summed E-state index contributed by atoms with van der Waals surface area (Å²) >= 11 is 0. The average molecular weight is 690 g/mol. The van der Waals surface area contributed by atoms with Crippen molar-refractivity contribution in [3.63, 3.8) is 0 Å². The Labute approximate surface area is 314 Å². The number of hydrogen-bond acceptors (Lipinski definition) is 2. The van der Waals surface area contributed by atoms with Crippen LogP contribution < -0.4 is 4.90 Å². The van der Waals surface area contributed by atoms with E-state index < -0.39 is 0 Å². The third-order valence-corrected chi connectivity index (χ3v) is 10.5. The largest absolute Gasteiger partial charge is 0.456 e. The first kappa shape index (κ1) is 31.6. The molecule has 9 aromatic carbocycles. The maximum Gasteiger partial charge on any atom is 0.136 e. The SMILES string of the molecule is c1ccc(-c2ccc(-c3c(N(c4ccc(-c5ccccc5)cc4)c4ccc(-c5ccccc5)cc4)ccc4oc5ccc6ccccc6c5c34)cc2)cc1. The Morgan fingerprint density at radius 1 is 0.296 bits per heavy atom. The average Bonchev–Trinajstić information content (AvgIpc) is 3.65. The highest BCUT2D eigenvalue weighted by Crippen LogP contribution is 2.49. The summed E-state index contributed by atoms with van der Waals surface area (Å²) in [5, 5.41) is 4.61. The van der Waals surface area contributed by atoms with Gasteiger partial charge in [0, 0.05) is 27.7 Å². The molecule has 0 aliphatic rings. The van der Waals surface area contributed by atoms with Gasteiger partial charge < -0.3 is 9.32 Å². The minimum absolute atomic E-state index is 0.867. The van der Waals surface area contributed by atoms with Crippen LogP contribution in [0.1, 0.15) is 0 Å². The van der Waals surface area contributed by atoms with Crippen molar-refractivity contribution in [3.8, 4) is 44.5 Å². The molecule has 0 unspecified atom stereocenters. The molecule has 2 nitrogen and oxygen atoms in total. The summed E-state index contributed by atoms with van der Waals surface area (Å²) in [6.07, 6.45) is 0. The van der Waals surface area contributed by atoms with Crippen LogP contribution in [-0.2, 0) is 0 Å². The van der Waals surface area contributed by atoms with Gasteiger partial charge in [-0.05, 0) is 92.2 Å². The lowest BCUT2D eigenvalue weighted by Crippen LogP contribution is -2.11. The van der Waals surface area contributed by atoms with E-state index >= 15 is 0 Å². The minimum atomic E-state index is 0.867. The van der Waals surface area contributed by atoms with Crippen molar-refractivity contribution in [2.24, 2.45) is 0 Å². The van der Waals surface area contributed by atoms with Crippen LogP contribution in [0.2, 0.25) is 0 Å². The van der Waals surface area contributed by atoms with Crippen LogP contribution in [0.25, 0.3) is 77.2 Å². The number of nitrogens with zero attached hydrogens (tertiary/aromatic N) is 1. The van der Waals surface area contributed by atoms with Crippen molar-refractivity contribution < 1.29 is 4.42 Å². The van der Waals surface area contributed by atoms with Gasteiger partial charge in [-0.25, -0.2) is 0 Å². The smallest absolute Gasteiger partial charge is 0.136 e. The molecular weight excluding hydrogens is 655 g/mol. The molecule has 54 heavy (non-hydrogen) atoms. The predicted octanol–water partition coefficient (Wildman–Crippen LogP) is 14.9. The minimum Gasteiger partial charge on any atom is -0.456 e. The summed E-state index contributed by atoms with van der Waals surface area (Å²) in [4.78, 5) is 2.40. The van der Waals surface area contributed by atoms with Gasteiger partial charge in [-0.15, -0.1) is 0 Å². The van der Waals surface area contributed by atoms with Gasteiger partial charge in [0.05, 0.1) is 5.69 Å². The maximum atomic E-state index is 6.67. The third kappa shape index (κ3) is 5.62. The second-order valence-electron chi connectivity index (χ2n) is 13.7. The monoisotopic (exact) mass is 689 g/mol. The second-order valence-corrected chi connectivity index (χ2v) is 13.7. The zero-order valence-electron chi connectivity index (χ0n) is 29.6. The Hall–Kier alpha value is -7.16. The molecule has 0 spiro atoms. The van der Waals surface area contributed by atoms with E-state index in [1.54, 1.807) is 0 Å². The molecular formula is C52H35NO. The van der Waals surface area contributed by atoms with Gasteiger partial charge in [-0.2, -0.15) is 0 Å². The van der Waals surface area contributed by atoms with Gasteiger partial charge in [-0.3, -0.25) is 0 Å². The number of benzene rings is 9. The molecule has 10 aromatic rings. The number of fused-ring (bicyclic) bond motifs is 5. The van der Waals surface area contributed by atoms with Gasteiger partial charge in [0.2, 0.25) is 0 Å². The normalized spacial score (nSPS) is 11.3. The van der Waals surface area contributed by atoms with E-state index in [-0.39, 0.29) is 0 Å². The summed E-state index contributed by atoms with van der Waals surface area (Å²) in [6.45, 7) is 0. The van der Waals surface area contributed by atoms with Crippen molar-refractivity contribution in [2.45, 2.75) is 0 Å². The van der Waals surface area contributed by atoms with Crippen molar-refractivity contribution >= 4 is 49.8 Å². The number of furan rings is 1. The van der Waals surface area contributed by atoms with Crippen molar-refractivity contribution in [3.05, 3.63) is 212 Å². The topological polar surface area (TPSA) is 16.4 Å². The van der Waals surface area contributed by atoms with Crippen molar-refractivity contribution in [1.82, 2.24) is 0 Å². The standard InChI is InChI=1S/C52H35NO/c1-4-12-36(13-5-1)39-20-22-43(23-21-39)50-47(33-35-49-52(50)51-46-19-11-10-18-42(46)28-34-48(51)54-49)53(44-29-24-40(25-30-44)37-14-6-2-7-15-37)45-31-26-41(27-32-45)38-16-8-3-9-17-38/h1-35H. The van der Waals surface area contributed by atoms with Crippen LogP contribution in [0.15, 0.2) is 217 Å². The lowest BCUT2D eigenvalue weighted by Gasteiger charge is -2.29. The fourth-order valence-corrected chi connectivity index (χ4v) is 7.85. The molecule has 1 aromatic heterocycles. The molecule has 0 radical (unpaired) electrons. The molecule has 0 saturated carbocycles. The third-order valence-electron chi connectivity index (χ3n) is 10.5. The highest BCUT2D eigenvalue weighted by molar-refractivity contribution is 6.24. The lowest BCUT2D eigenvalue weighted by molar-refractivity contribution is 0.669. The number of rotatable bonds is 7. The van der Waals surface area contributed by atoms with Crippen molar-refractivity contribution in [2.75, 3.05) is 4.90 Å². The molecule has 254 valence electrons. The molecule has 0 N–H and O–H groups in total. The molecule has 2 heteroatoms. The summed E-state index contributed by atoms with van der Waals surface area (Å²) < 4.78 is 6.67. The molecule has 0 atom stereocenters. The van der Waals surface area contributed by atoms with Gasteiger partial charge in [0.25, 0.3) is 0 Å². The maximum absolute atomic E-state index is 6.67. The number of hydrogen-bond donors (Lipinski definition) is 0. The Morgan fingerprint density at radius 3 is 1.24 bits per heavy atom. The Balaban J connectivity index is 1.24. The van der Waals surface area contributed by atoms with Crippen LogP contribution in [0, 0.1) is 0 Å². The van der Waals surface area contributed by atoms with Crippen LogP contribution in [0.5, 0.6) is 0 Å². The lowest BCUT2D eigenvalue weighted by atomic mass is 9.93. The summed E-state index contributed by atoms with van der Waals surface area (Å²) in [5.74, 6) is 0. The Morgan fingerprint density at radius 2 is 0.704 bits per heavy atom. The molecule has 0 aliphatic carbocycles. The zero-order valence-corrected chi connectivity index (χ0v) is 29.6. The summed E-state index contributed by atoms with van der Waals surface area (Å²) in [7, 11) is 0. The molecule has 0 bridgehead atoms. The van der Waals surface area contributed by atoms with Gasteiger partial charge in [-0.1, -0.05) is 170 Å². The first-order valence-corrected chi connectivity index (χ1v) is 18.4. The predicted molar refractivity (Wildman–Crippen MR) is 228 cm³/mol. The van der Waals surface area contributed by atoms with E-state index in [1.165, 1.54) is 44.2 Å². The van der Waals surface area contributed by atoms with Crippen molar-refractivity contribution in [1.29, 1.82) is 0 Å². The first-order valence-electron chi connectivity index (χ1n) is 18.4. The molecule has 10 rings (SSSR count). The Bertz CT molecular complexity index is 2790. The van der Waals surface area contributed by atoms with Gasteiger partial charge in [0.15, 0.2) is 0 Å². The zero-order chi connectivity index (χ0) is 35.8. The highest BCUT2D eigenvalue weighted by Gasteiger charge is 2.24. The highest BCUT2D eigenvalue weighted by atomic mass is 16.3. The van der Waals surface area contributed by atoms with E-state index in [2.05, 4.69) is 217 Å². The van der Waals surface area contributed by atoms with Gasteiger partial charge >= 0.3 is 0 Å². The molecule has 0 aliphatic heterocycles. The van der Waals surface area contributed by atoms with E-state index in [1.807, 2.05) is 0 Å². The van der Waals surface area contributed by atoms with Crippen LogP contribution in [0.3, 0.4) is 0 Å². The molecule has 0 fully saturated rings. The van der Waals surface area contributed by atoms with Crippen LogP contribution in [0.4, 0.5) is 17.1 Å². The van der Waals surface area contributed by atoms with E-state index in [9.17, 15) is 0 Å². The summed E-state index contributed by atoms with van der Waals surface area (Å²) in [6, 6.07) is 75.8. The van der Waals surface area contributed by atoms with Gasteiger partial charge in [0.1, 0.15) is 11.2 Å². The number of anilines is 3. The Kier molecular flexibility index (Phi) is 7.85. The first-order chi connectivity index (χ1) is 26.8. The van der Waals surface area contributed by atoms with Crippen LogP contribution in [-0.4, -0.2) is 0 Å². The van der Waals surface area contributed by atoms with Crippen LogP contribution >= 0.6 is 0 Å². The quantitative estimate of drug-likeness (QED) is 0.166. The second kappa shape index (κ2) is 13.4. The molecule has 0 amide bonds.